The number of hydrogen-bond donors (Lipinski definition) is 0. The molecule has 0 bridgehead atoms. The van der Waals surface area contributed by atoms with E-state index in [0.717, 1.165) is 61.1 Å². The van der Waals surface area contributed by atoms with Gasteiger partial charge in [0.15, 0.2) is 5.58 Å². The van der Waals surface area contributed by atoms with E-state index < -0.39 is 0 Å². The Morgan fingerprint density at radius 3 is 1.56 bits per heavy atom. The Morgan fingerprint density at radius 1 is 0.281 bits per heavy atom. The van der Waals surface area contributed by atoms with Crippen molar-refractivity contribution in [2.75, 3.05) is 4.90 Å². The Hall–Kier alpha value is -7.62. The van der Waals surface area contributed by atoms with Crippen LogP contribution in [-0.4, -0.2) is 0 Å². The first-order valence-electron chi connectivity index (χ1n) is 19.4. The van der Waals surface area contributed by atoms with Gasteiger partial charge in [-0.25, -0.2) is 0 Å². The predicted octanol–water partition coefficient (Wildman–Crippen LogP) is 15.7. The van der Waals surface area contributed by atoms with E-state index in [1.807, 2.05) is 18.2 Å². The Balaban J connectivity index is 1.02. The standard InChI is InChI=1S/C54H33NO2/c1-2-11-34(12-3-1)35-21-26-38(27-22-35)55(48-18-10-17-45-42-14-6-8-19-49(42)57-54(45)48)39-28-23-36(24-29-39)37-25-30-41-40-13-4-5-15-43(40)52-44(47(41)33-37)31-32-51-53(52)46-16-7-9-20-50(46)56-51/h1-33H. The molecule has 0 radical (unpaired) electrons. The minimum atomic E-state index is 0.864. The molecule has 0 saturated heterocycles. The minimum absolute atomic E-state index is 0.864. The highest BCUT2D eigenvalue weighted by atomic mass is 16.3. The molecule has 0 fully saturated rings. The van der Waals surface area contributed by atoms with E-state index in [-0.39, 0.29) is 0 Å². The van der Waals surface area contributed by atoms with Gasteiger partial charge in [0.05, 0.1) is 5.69 Å². The molecule has 0 atom stereocenters. The largest absolute Gasteiger partial charge is 0.456 e. The molecule has 0 aliphatic carbocycles. The van der Waals surface area contributed by atoms with Gasteiger partial charge in [-0.15, -0.1) is 0 Å². The van der Waals surface area contributed by atoms with Gasteiger partial charge in [-0.3, -0.25) is 0 Å². The molecule has 0 aliphatic rings. The summed E-state index contributed by atoms with van der Waals surface area (Å²) in [6.07, 6.45) is 0. The maximum Gasteiger partial charge on any atom is 0.159 e. The number of hydrogen-bond acceptors (Lipinski definition) is 3. The summed E-state index contributed by atoms with van der Waals surface area (Å²) in [6, 6.07) is 71.4. The number of rotatable bonds is 5. The van der Waals surface area contributed by atoms with Crippen LogP contribution < -0.4 is 4.90 Å². The summed E-state index contributed by atoms with van der Waals surface area (Å²) in [5, 5.41) is 12.0. The second-order valence-corrected chi connectivity index (χ2v) is 14.8. The Kier molecular flexibility index (Phi) is 6.93. The number of nitrogens with zero attached hydrogens (tertiary/aromatic N) is 1. The molecule has 0 spiro atoms. The van der Waals surface area contributed by atoms with Crippen molar-refractivity contribution in [2.24, 2.45) is 0 Å². The molecule has 3 heteroatoms. The molecule has 3 nitrogen and oxygen atoms in total. The smallest absolute Gasteiger partial charge is 0.159 e. The van der Waals surface area contributed by atoms with Crippen LogP contribution in [0.15, 0.2) is 209 Å². The average Bonchev–Trinajstić information content (AvgIpc) is 3.86. The zero-order valence-electron chi connectivity index (χ0n) is 30.8. The second kappa shape index (κ2) is 12.5. The van der Waals surface area contributed by atoms with Crippen molar-refractivity contribution in [3.63, 3.8) is 0 Å². The molecule has 2 heterocycles. The fourth-order valence-corrected chi connectivity index (χ4v) is 9.01. The highest BCUT2D eigenvalue weighted by Gasteiger charge is 2.20. The summed E-state index contributed by atoms with van der Waals surface area (Å²) in [5.41, 5.74) is 11.4. The molecule has 266 valence electrons. The van der Waals surface area contributed by atoms with E-state index in [0.29, 0.717) is 0 Å². The molecule has 2 aromatic heterocycles. The Bertz CT molecular complexity index is 3500. The van der Waals surface area contributed by atoms with Crippen LogP contribution in [0, 0.1) is 0 Å². The Morgan fingerprint density at radius 2 is 0.807 bits per heavy atom. The summed E-state index contributed by atoms with van der Waals surface area (Å²) in [4.78, 5) is 2.31. The lowest BCUT2D eigenvalue weighted by molar-refractivity contribution is 0.669. The van der Waals surface area contributed by atoms with Crippen LogP contribution >= 0.6 is 0 Å². The van der Waals surface area contributed by atoms with Gasteiger partial charge in [-0.05, 0) is 110 Å². The maximum absolute atomic E-state index is 6.60. The van der Waals surface area contributed by atoms with Gasteiger partial charge in [0.2, 0.25) is 0 Å². The number of anilines is 3. The fourth-order valence-electron chi connectivity index (χ4n) is 9.01. The van der Waals surface area contributed by atoms with Crippen LogP contribution in [0.1, 0.15) is 0 Å². The summed E-state index contributed by atoms with van der Waals surface area (Å²) in [7, 11) is 0. The van der Waals surface area contributed by atoms with Crippen molar-refractivity contribution < 1.29 is 8.83 Å². The predicted molar refractivity (Wildman–Crippen MR) is 239 cm³/mol. The van der Waals surface area contributed by atoms with Crippen LogP contribution in [0.5, 0.6) is 0 Å². The number of furan rings is 2. The van der Waals surface area contributed by atoms with Crippen molar-refractivity contribution in [3.05, 3.63) is 200 Å². The third-order valence-electron chi connectivity index (χ3n) is 11.7. The van der Waals surface area contributed by atoms with E-state index >= 15 is 0 Å². The zero-order chi connectivity index (χ0) is 37.5. The molecule has 57 heavy (non-hydrogen) atoms. The minimum Gasteiger partial charge on any atom is -0.456 e. The maximum atomic E-state index is 6.60. The van der Waals surface area contributed by atoms with E-state index in [1.54, 1.807) is 0 Å². The first-order chi connectivity index (χ1) is 28.3. The van der Waals surface area contributed by atoms with Crippen molar-refractivity contribution in [1.82, 2.24) is 0 Å². The monoisotopic (exact) mass is 727 g/mol. The zero-order valence-corrected chi connectivity index (χ0v) is 30.8. The van der Waals surface area contributed by atoms with Crippen LogP contribution in [-0.2, 0) is 0 Å². The van der Waals surface area contributed by atoms with Gasteiger partial charge in [-0.2, -0.15) is 0 Å². The topological polar surface area (TPSA) is 29.5 Å². The number of fused-ring (bicyclic) bond motifs is 13. The molecular formula is C54H33NO2. The molecule has 0 amide bonds. The molecule has 0 aliphatic heterocycles. The lowest BCUT2D eigenvalue weighted by Gasteiger charge is -2.26. The third kappa shape index (κ3) is 4.92. The van der Waals surface area contributed by atoms with E-state index in [4.69, 9.17) is 8.83 Å². The summed E-state index contributed by atoms with van der Waals surface area (Å²) >= 11 is 0. The van der Waals surface area contributed by atoms with Crippen LogP contribution in [0.2, 0.25) is 0 Å². The lowest BCUT2D eigenvalue weighted by atomic mass is 9.90. The highest BCUT2D eigenvalue weighted by molar-refractivity contribution is 6.34. The summed E-state index contributed by atoms with van der Waals surface area (Å²) in [6.45, 7) is 0. The van der Waals surface area contributed by atoms with Gasteiger partial charge in [0.25, 0.3) is 0 Å². The van der Waals surface area contributed by atoms with Crippen molar-refractivity contribution in [2.45, 2.75) is 0 Å². The van der Waals surface area contributed by atoms with Gasteiger partial charge in [-0.1, -0.05) is 140 Å². The van der Waals surface area contributed by atoms with Crippen molar-refractivity contribution in [3.8, 4) is 22.3 Å². The van der Waals surface area contributed by atoms with E-state index in [9.17, 15) is 0 Å². The second-order valence-electron chi connectivity index (χ2n) is 14.8. The summed E-state index contributed by atoms with van der Waals surface area (Å²) < 4.78 is 13.0. The third-order valence-corrected chi connectivity index (χ3v) is 11.7. The van der Waals surface area contributed by atoms with Gasteiger partial charge < -0.3 is 13.7 Å². The molecule has 0 N–H and O–H groups in total. The summed E-state index contributed by atoms with van der Waals surface area (Å²) in [5.74, 6) is 0. The quantitative estimate of drug-likeness (QED) is 0.165. The van der Waals surface area contributed by atoms with E-state index in [1.165, 1.54) is 54.4 Å². The molecule has 0 saturated carbocycles. The average molecular weight is 728 g/mol. The van der Waals surface area contributed by atoms with Gasteiger partial charge in [0, 0.05) is 38.3 Å². The normalized spacial score (nSPS) is 11.9. The molecule has 12 rings (SSSR count). The first-order valence-corrected chi connectivity index (χ1v) is 19.4. The highest BCUT2D eigenvalue weighted by Crippen LogP contribution is 2.45. The first kappa shape index (κ1) is 31.7. The van der Waals surface area contributed by atoms with Crippen LogP contribution in [0.4, 0.5) is 17.1 Å². The molecule has 10 aromatic carbocycles. The SMILES string of the molecule is c1ccc(-c2ccc(N(c3ccc(-c4ccc5c6ccccc6c6c(ccc7oc8ccccc8c76)c5c4)cc3)c3cccc4c3oc3ccccc34)cc2)cc1. The van der Waals surface area contributed by atoms with Crippen LogP contribution in [0.25, 0.3) is 98.4 Å². The van der Waals surface area contributed by atoms with E-state index in [2.05, 4.69) is 187 Å². The molecule has 0 unspecified atom stereocenters. The number of para-hydroxylation sites is 3. The number of benzene rings is 10. The fraction of sp³-hybridized carbons (Fsp3) is 0. The van der Waals surface area contributed by atoms with Crippen molar-refractivity contribution >= 4 is 93.3 Å². The molecule has 12 aromatic rings. The van der Waals surface area contributed by atoms with Gasteiger partial charge in [0.1, 0.15) is 16.7 Å². The molecular weight excluding hydrogens is 695 g/mol. The lowest BCUT2D eigenvalue weighted by Crippen LogP contribution is -2.10. The van der Waals surface area contributed by atoms with Gasteiger partial charge >= 0.3 is 0 Å². The van der Waals surface area contributed by atoms with Crippen LogP contribution in [0.3, 0.4) is 0 Å². The van der Waals surface area contributed by atoms with Crippen molar-refractivity contribution in [1.29, 1.82) is 0 Å². The Labute approximate surface area is 328 Å².